The van der Waals surface area contributed by atoms with Gasteiger partial charge in [-0.3, -0.25) is 0 Å². The average molecular weight is 474 g/mol. The summed E-state index contributed by atoms with van der Waals surface area (Å²) >= 11 is 5.02. The van der Waals surface area contributed by atoms with E-state index in [2.05, 4.69) is 0 Å². The first-order chi connectivity index (χ1) is 14.0. The van der Waals surface area contributed by atoms with E-state index >= 15 is 0 Å². The Morgan fingerprint density at radius 1 is 0.433 bits per heavy atom. The molecule has 0 radical (unpaired) electrons. The lowest BCUT2D eigenvalue weighted by Gasteiger charge is -2.26. The van der Waals surface area contributed by atoms with Gasteiger partial charge in [0.1, 0.15) is 0 Å². The number of hydrogen-bond acceptors (Lipinski definition) is 1. The molecule has 0 unspecified atom stereocenters. The van der Waals surface area contributed by atoms with Gasteiger partial charge in [-0.15, -0.1) is 0 Å². The van der Waals surface area contributed by atoms with Crippen LogP contribution >= 0.6 is 6.04 Å². The van der Waals surface area contributed by atoms with Gasteiger partial charge in [-0.1, -0.05) is 42.1 Å². The summed E-state index contributed by atoms with van der Waals surface area (Å²) < 4.78 is 140. The predicted octanol–water partition coefficient (Wildman–Crippen LogP) is 4.83. The fraction of sp³-hybridized carbons (Fsp3) is 0. The minimum atomic E-state index is -5.03. The van der Waals surface area contributed by atoms with Crippen molar-refractivity contribution in [1.29, 1.82) is 0 Å². The summed E-state index contributed by atoms with van der Waals surface area (Å²) in [5.41, 5.74) is 0. The molecule has 0 fully saturated rings. The normalized spacial score (nSPS) is 11.8. The Balaban J connectivity index is 2.63. The summed E-state index contributed by atoms with van der Waals surface area (Å²) in [6.45, 7) is 0. The van der Waals surface area contributed by atoms with Crippen molar-refractivity contribution in [3.05, 3.63) is 88.5 Å². The molecule has 0 aromatic heterocycles. The highest BCUT2D eigenvalue weighted by molar-refractivity contribution is 8.25. The van der Waals surface area contributed by atoms with Crippen LogP contribution in [0, 0.1) is 58.2 Å². The molecular formula is C18H5F10PS. The maximum Gasteiger partial charge on any atom is 0.200 e. The molecule has 0 N–H and O–H groups in total. The summed E-state index contributed by atoms with van der Waals surface area (Å²) in [4.78, 5) is 0. The van der Waals surface area contributed by atoms with Crippen molar-refractivity contribution in [2.45, 2.75) is 0 Å². The van der Waals surface area contributed by atoms with Crippen LogP contribution in [0.4, 0.5) is 43.9 Å². The van der Waals surface area contributed by atoms with Crippen LogP contribution in [-0.2, 0) is 11.8 Å². The summed E-state index contributed by atoms with van der Waals surface area (Å²) in [6, 6.07) is 0.365. The van der Waals surface area contributed by atoms with E-state index in [0.717, 1.165) is 24.3 Å². The zero-order valence-electron chi connectivity index (χ0n) is 14.0. The molecule has 0 amide bonds. The third-order valence-corrected chi connectivity index (χ3v) is 8.92. The first-order valence-corrected chi connectivity index (χ1v) is 10.5. The maximum absolute atomic E-state index is 14.5. The van der Waals surface area contributed by atoms with Crippen molar-refractivity contribution in [1.82, 2.24) is 0 Å². The van der Waals surface area contributed by atoms with Crippen LogP contribution in [-0.4, -0.2) is 0 Å². The highest BCUT2D eigenvalue weighted by Crippen LogP contribution is 2.47. The fourth-order valence-electron chi connectivity index (χ4n) is 2.75. The summed E-state index contributed by atoms with van der Waals surface area (Å²) in [7, 11) is 0. The predicted molar refractivity (Wildman–Crippen MR) is 92.1 cm³/mol. The van der Waals surface area contributed by atoms with Gasteiger partial charge in [0, 0.05) is 0 Å². The molecule has 30 heavy (non-hydrogen) atoms. The molecular weight excluding hydrogens is 469 g/mol. The van der Waals surface area contributed by atoms with Crippen LogP contribution in [0.1, 0.15) is 0 Å². The number of halogens is 10. The molecule has 0 aliphatic carbocycles. The molecule has 0 nitrogen and oxygen atoms in total. The Kier molecular flexibility index (Phi) is 5.72. The van der Waals surface area contributed by atoms with Crippen LogP contribution in [0.25, 0.3) is 0 Å². The van der Waals surface area contributed by atoms with Crippen molar-refractivity contribution >= 4 is 33.8 Å². The Hall–Kier alpha value is -2.39. The van der Waals surface area contributed by atoms with Crippen LogP contribution in [0.2, 0.25) is 0 Å². The van der Waals surface area contributed by atoms with Crippen molar-refractivity contribution in [2.24, 2.45) is 0 Å². The molecule has 3 rings (SSSR count). The lowest BCUT2D eigenvalue weighted by Crippen LogP contribution is -2.36. The molecule has 0 bridgehead atoms. The third-order valence-electron chi connectivity index (χ3n) is 4.12. The second kappa shape index (κ2) is 7.70. The molecule has 0 saturated carbocycles. The maximum atomic E-state index is 14.5. The van der Waals surface area contributed by atoms with Gasteiger partial charge in [-0.2, -0.15) is 0 Å². The summed E-state index contributed by atoms with van der Waals surface area (Å²) in [6.07, 6.45) is 0. The first kappa shape index (κ1) is 22.3. The third kappa shape index (κ3) is 3.02. The zero-order chi connectivity index (χ0) is 22.5. The van der Waals surface area contributed by atoms with E-state index in [0.29, 0.717) is 0 Å². The fourth-order valence-corrected chi connectivity index (χ4v) is 6.90. The first-order valence-electron chi connectivity index (χ1n) is 7.65. The molecule has 0 atom stereocenters. The lowest BCUT2D eigenvalue weighted by atomic mass is 10.3. The Morgan fingerprint density at radius 2 is 0.700 bits per heavy atom. The van der Waals surface area contributed by atoms with E-state index in [-0.39, 0.29) is 0 Å². The largest absolute Gasteiger partial charge is 0.203 e. The standard InChI is InChI=1S/C18H5F10PS/c19-7-9(21)13(25)17(14(26)10(7)22)29(30,6-4-2-1-3-5-6)18-15(27)11(23)8(20)12(24)16(18)28/h1-5H. The van der Waals surface area contributed by atoms with Crippen molar-refractivity contribution in [3.8, 4) is 0 Å². The van der Waals surface area contributed by atoms with E-state index < -0.39 is 80.1 Å². The van der Waals surface area contributed by atoms with Crippen molar-refractivity contribution in [3.63, 3.8) is 0 Å². The number of hydrogen-bond donors (Lipinski definition) is 0. The molecule has 0 saturated heterocycles. The Morgan fingerprint density at radius 3 is 1.00 bits per heavy atom. The van der Waals surface area contributed by atoms with E-state index in [9.17, 15) is 43.9 Å². The molecule has 0 aliphatic rings. The van der Waals surface area contributed by atoms with Crippen LogP contribution in [0.5, 0.6) is 0 Å². The van der Waals surface area contributed by atoms with Gasteiger partial charge in [-0.05, 0) is 5.30 Å². The Bertz CT molecular complexity index is 1090. The second-order valence-corrected chi connectivity index (χ2v) is 10.1. The summed E-state index contributed by atoms with van der Waals surface area (Å²) in [5.74, 6) is -25.3. The van der Waals surface area contributed by atoms with E-state index in [1.807, 2.05) is 0 Å². The quantitative estimate of drug-likeness (QED) is 0.227. The molecule has 0 spiro atoms. The minimum absolute atomic E-state index is 0.577. The SMILES string of the molecule is Fc1c(F)c(F)c(P(=S)(c2ccccc2)c2c(F)c(F)c(F)c(F)c2F)c(F)c1F. The van der Waals surface area contributed by atoms with E-state index in [4.69, 9.17) is 11.8 Å². The Labute approximate surface area is 166 Å². The van der Waals surface area contributed by atoms with Gasteiger partial charge >= 0.3 is 0 Å². The van der Waals surface area contributed by atoms with Crippen LogP contribution in [0.15, 0.2) is 30.3 Å². The molecule has 158 valence electrons. The summed E-state index contributed by atoms with van der Waals surface area (Å²) in [5, 5.41) is -4.29. The minimum Gasteiger partial charge on any atom is -0.203 e. The van der Waals surface area contributed by atoms with Crippen LogP contribution < -0.4 is 15.9 Å². The molecule has 0 aliphatic heterocycles. The highest BCUT2D eigenvalue weighted by Gasteiger charge is 2.42. The highest BCUT2D eigenvalue weighted by atomic mass is 32.4. The van der Waals surface area contributed by atoms with Gasteiger partial charge in [0.2, 0.25) is 11.6 Å². The average Bonchev–Trinajstić information content (AvgIpc) is 2.74. The topological polar surface area (TPSA) is 0 Å². The lowest BCUT2D eigenvalue weighted by molar-refractivity contribution is 0.383. The van der Waals surface area contributed by atoms with Gasteiger partial charge in [0.05, 0.1) is 16.6 Å². The molecule has 3 aromatic rings. The number of rotatable bonds is 3. The van der Waals surface area contributed by atoms with Crippen molar-refractivity contribution < 1.29 is 43.9 Å². The van der Waals surface area contributed by atoms with E-state index in [1.165, 1.54) is 6.07 Å². The second-order valence-electron chi connectivity index (χ2n) is 5.78. The number of benzene rings is 3. The van der Waals surface area contributed by atoms with Crippen molar-refractivity contribution in [2.75, 3.05) is 0 Å². The monoisotopic (exact) mass is 474 g/mol. The zero-order valence-corrected chi connectivity index (χ0v) is 15.7. The van der Waals surface area contributed by atoms with Gasteiger partial charge in [-0.25, -0.2) is 43.9 Å². The smallest absolute Gasteiger partial charge is 0.200 e. The molecule has 3 aromatic carbocycles. The van der Waals surface area contributed by atoms with Gasteiger partial charge in [0.25, 0.3) is 0 Å². The van der Waals surface area contributed by atoms with E-state index in [1.54, 1.807) is 0 Å². The molecule has 0 heterocycles. The van der Waals surface area contributed by atoms with Gasteiger partial charge in [0.15, 0.2) is 46.5 Å². The van der Waals surface area contributed by atoms with Crippen LogP contribution in [0.3, 0.4) is 0 Å². The molecule has 12 heteroatoms. The van der Waals surface area contributed by atoms with Gasteiger partial charge < -0.3 is 0 Å².